The summed E-state index contributed by atoms with van der Waals surface area (Å²) < 4.78 is 15.2. The van der Waals surface area contributed by atoms with Gasteiger partial charge in [0, 0.05) is 54.6 Å². The summed E-state index contributed by atoms with van der Waals surface area (Å²) in [5, 5.41) is 6.52. The minimum Gasteiger partial charge on any atom is -0.456 e. The van der Waals surface area contributed by atoms with Crippen LogP contribution in [-0.4, -0.2) is 19.5 Å². The summed E-state index contributed by atoms with van der Waals surface area (Å²) in [7, 11) is 0. The fraction of sp³-hybridized carbons (Fsp3) is 0. The van der Waals surface area contributed by atoms with E-state index in [9.17, 15) is 0 Å². The van der Waals surface area contributed by atoms with Crippen LogP contribution in [0.1, 0.15) is 0 Å². The van der Waals surface area contributed by atoms with Crippen LogP contribution in [0.5, 0.6) is 0 Å². The molecule has 0 aliphatic carbocycles. The lowest BCUT2D eigenvalue weighted by Crippen LogP contribution is -2.07. The van der Waals surface area contributed by atoms with Crippen LogP contribution >= 0.6 is 0 Å². The predicted molar refractivity (Wildman–Crippen MR) is 256 cm³/mol. The quantitative estimate of drug-likeness (QED) is 0.167. The van der Waals surface area contributed by atoms with Crippen molar-refractivity contribution in [2.75, 3.05) is 0 Å². The zero-order chi connectivity index (χ0) is 41.4. The van der Waals surface area contributed by atoms with E-state index in [1.165, 1.54) is 0 Å². The van der Waals surface area contributed by atoms with Gasteiger partial charge in [0.05, 0.1) is 11.0 Å². The second-order valence-corrected chi connectivity index (χ2v) is 16.0. The first-order valence-electron chi connectivity index (χ1n) is 21.1. The number of benzene rings is 9. The molecule has 0 saturated carbocycles. The summed E-state index contributed by atoms with van der Waals surface area (Å²) in [4.78, 5) is 15.8. The van der Waals surface area contributed by atoms with Crippen LogP contribution in [0.2, 0.25) is 0 Å². The van der Waals surface area contributed by atoms with E-state index in [-0.39, 0.29) is 0 Å². The Balaban J connectivity index is 1.08. The maximum Gasteiger partial charge on any atom is 0.238 e. The molecular weight excluding hydrogens is 773 g/mol. The maximum absolute atomic E-state index is 6.62. The Bertz CT molecular complexity index is 3920. The van der Waals surface area contributed by atoms with Gasteiger partial charge in [-0.2, -0.15) is 9.97 Å². The molecular formula is C57H34N4O2. The van der Waals surface area contributed by atoms with Gasteiger partial charge >= 0.3 is 0 Å². The topological polar surface area (TPSA) is 69.9 Å². The van der Waals surface area contributed by atoms with E-state index in [4.69, 9.17) is 23.8 Å². The summed E-state index contributed by atoms with van der Waals surface area (Å²) in [5.41, 5.74) is 13.5. The van der Waals surface area contributed by atoms with Crippen molar-refractivity contribution in [1.82, 2.24) is 19.5 Å². The Morgan fingerprint density at radius 1 is 0.317 bits per heavy atom. The molecule has 0 spiro atoms. The lowest BCUT2D eigenvalue weighted by Gasteiger charge is -2.15. The number of rotatable bonds is 6. The van der Waals surface area contributed by atoms with Gasteiger partial charge in [-0.15, -0.1) is 0 Å². The van der Waals surface area contributed by atoms with Crippen molar-refractivity contribution in [3.05, 3.63) is 206 Å². The zero-order valence-corrected chi connectivity index (χ0v) is 33.7. The average molecular weight is 807 g/mol. The van der Waals surface area contributed by atoms with Gasteiger partial charge in [-0.05, 0) is 70.8 Å². The van der Waals surface area contributed by atoms with Gasteiger partial charge in [0.25, 0.3) is 0 Å². The first-order chi connectivity index (χ1) is 31.2. The highest BCUT2D eigenvalue weighted by molar-refractivity contribution is 6.14. The molecule has 63 heavy (non-hydrogen) atoms. The third kappa shape index (κ3) is 5.69. The molecule has 0 N–H and O–H groups in total. The number of fused-ring (bicyclic) bond motifs is 9. The van der Waals surface area contributed by atoms with Crippen molar-refractivity contribution >= 4 is 65.7 Å². The molecule has 0 aliphatic heterocycles. The van der Waals surface area contributed by atoms with Crippen molar-refractivity contribution in [1.29, 1.82) is 0 Å². The van der Waals surface area contributed by atoms with E-state index >= 15 is 0 Å². The molecule has 13 aromatic rings. The number of furan rings is 2. The minimum absolute atomic E-state index is 0.522. The van der Waals surface area contributed by atoms with Crippen molar-refractivity contribution in [2.45, 2.75) is 0 Å². The second-order valence-electron chi connectivity index (χ2n) is 16.0. The average Bonchev–Trinajstić information content (AvgIpc) is 4.04. The fourth-order valence-electron chi connectivity index (χ4n) is 9.34. The molecule has 9 aromatic carbocycles. The first kappa shape index (κ1) is 35.2. The molecule has 4 aromatic heterocycles. The van der Waals surface area contributed by atoms with Gasteiger partial charge in [-0.25, -0.2) is 4.98 Å². The number of aromatic nitrogens is 4. The summed E-state index contributed by atoms with van der Waals surface area (Å²) in [6.45, 7) is 0. The second kappa shape index (κ2) is 14.0. The molecule has 294 valence electrons. The molecule has 0 aliphatic rings. The Morgan fingerprint density at radius 2 is 0.873 bits per heavy atom. The lowest BCUT2D eigenvalue weighted by molar-refractivity contribution is 0.669. The molecule has 4 heterocycles. The van der Waals surface area contributed by atoms with Crippen LogP contribution < -0.4 is 0 Å². The van der Waals surface area contributed by atoms with E-state index in [2.05, 4.69) is 144 Å². The van der Waals surface area contributed by atoms with Crippen LogP contribution in [0.3, 0.4) is 0 Å². The van der Waals surface area contributed by atoms with Gasteiger partial charge in [-0.3, -0.25) is 4.57 Å². The van der Waals surface area contributed by atoms with Gasteiger partial charge in [0.1, 0.15) is 22.3 Å². The largest absolute Gasteiger partial charge is 0.456 e. The van der Waals surface area contributed by atoms with Gasteiger partial charge in [0.2, 0.25) is 5.95 Å². The van der Waals surface area contributed by atoms with Crippen LogP contribution in [0, 0.1) is 0 Å². The van der Waals surface area contributed by atoms with Gasteiger partial charge in [0.15, 0.2) is 11.6 Å². The van der Waals surface area contributed by atoms with Crippen molar-refractivity contribution in [2.24, 2.45) is 0 Å². The van der Waals surface area contributed by atoms with E-state index in [0.717, 1.165) is 110 Å². The van der Waals surface area contributed by atoms with Gasteiger partial charge < -0.3 is 8.83 Å². The van der Waals surface area contributed by atoms with E-state index in [1.54, 1.807) is 0 Å². The molecule has 0 amide bonds. The first-order valence-corrected chi connectivity index (χ1v) is 21.1. The summed E-state index contributed by atoms with van der Waals surface area (Å²) in [6, 6.07) is 71.7. The third-order valence-electron chi connectivity index (χ3n) is 12.3. The molecule has 13 rings (SSSR count). The van der Waals surface area contributed by atoms with Crippen LogP contribution in [0.4, 0.5) is 0 Å². The van der Waals surface area contributed by atoms with Crippen molar-refractivity contribution < 1.29 is 8.83 Å². The Hall–Kier alpha value is -8.61. The molecule has 0 radical (unpaired) electrons. The third-order valence-corrected chi connectivity index (χ3v) is 12.3. The normalized spacial score (nSPS) is 11.8. The monoisotopic (exact) mass is 806 g/mol. The molecule has 0 bridgehead atoms. The highest BCUT2D eigenvalue weighted by Crippen LogP contribution is 2.43. The number of para-hydroxylation sites is 5. The Morgan fingerprint density at radius 3 is 1.65 bits per heavy atom. The summed E-state index contributed by atoms with van der Waals surface area (Å²) in [6.07, 6.45) is 0. The SMILES string of the molecule is c1ccc(-c2cc(-c3cccc4c3oc3ccccc34)cc(-c3cccc4c5ccccc5n(-c5nc(-c6ccccc6)nc(-c6ccc7c(c6)oc6ccccc67)n5)c34)c2)cc1. The predicted octanol–water partition coefficient (Wildman–Crippen LogP) is 15.1. The van der Waals surface area contributed by atoms with E-state index in [0.29, 0.717) is 17.6 Å². The van der Waals surface area contributed by atoms with Crippen LogP contribution in [0.25, 0.3) is 128 Å². The minimum atomic E-state index is 0.522. The Labute approximate surface area is 361 Å². The molecule has 6 heteroatoms. The molecule has 0 fully saturated rings. The number of hydrogen-bond donors (Lipinski definition) is 0. The lowest BCUT2D eigenvalue weighted by atomic mass is 9.92. The van der Waals surface area contributed by atoms with Crippen LogP contribution in [-0.2, 0) is 0 Å². The highest BCUT2D eigenvalue weighted by Gasteiger charge is 2.22. The summed E-state index contributed by atoms with van der Waals surface area (Å²) in [5.74, 6) is 1.65. The Kier molecular flexibility index (Phi) is 7.80. The summed E-state index contributed by atoms with van der Waals surface area (Å²) >= 11 is 0. The fourth-order valence-corrected chi connectivity index (χ4v) is 9.34. The van der Waals surface area contributed by atoms with E-state index < -0.39 is 0 Å². The maximum atomic E-state index is 6.62. The smallest absolute Gasteiger partial charge is 0.238 e. The molecule has 0 unspecified atom stereocenters. The zero-order valence-electron chi connectivity index (χ0n) is 33.7. The number of nitrogens with zero attached hydrogens (tertiary/aromatic N) is 4. The van der Waals surface area contributed by atoms with Gasteiger partial charge in [-0.1, -0.05) is 158 Å². The molecule has 0 atom stereocenters. The molecule has 0 saturated heterocycles. The highest BCUT2D eigenvalue weighted by atomic mass is 16.3. The van der Waals surface area contributed by atoms with Crippen LogP contribution in [0.15, 0.2) is 215 Å². The number of hydrogen-bond acceptors (Lipinski definition) is 5. The standard InChI is InChI=1S/C57H34N4O2/c1-3-15-35(16-4-1)38-31-39(33-40(32-38)42-23-14-25-48-45-21-9-12-28-51(45)63-54(42)48)41-22-13-24-47-43-19-7-10-26-49(43)61(53(41)47)57-59-55(36-17-5-2-6-18-36)58-56(60-57)37-29-30-46-44-20-8-11-27-50(44)62-52(46)34-37/h1-34H. The van der Waals surface area contributed by atoms with Crippen molar-refractivity contribution in [3.63, 3.8) is 0 Å². The molecule has 6 nitrogen and oxygen atoms in total. The van der Waals surface area contributed by atoms with Crippen molar-refractivity contribution in [3.8, 4) is 62.1 Å². The van der Waals surface area contributed by atoms with E-state index in [1.807, 2.05) is 66.7 Å².